The van der Waals surface area contributed by atoms with Crippen molar-refractivity contribution in [3.63, 3.8) is 0 Å². The molecule has 0 bridgehead atoms. The van der Waals surface area contributed by atoms with Crippen molar-refractivity contribution in [1.82, 2.24) is 5.32 Å². The molecule has 0 saturated carbocycles. The molecule has 0 aliphatic heterocycles. The standard InChI is InChI=1S/C10H12ClNO3S2/c1-15-10(14)4-12-9(13)6-16-5-7-2-3-8(11)17-7/h2-3H,4-6H2,1H3,(H,12,13). The third kappa shape index (κ3) is 5.95. The molecule has 0 unspecified atom stereocenters. The predicted molar refractivity (Wildman–Crippen MR) is 70.5 cm³/mol. The Morgan fingerprint density at radius 1 is 1.53 bits per heavy atom. The molecule has 7 heteroatoms. The minimum absolute atomic E-state index is 0.0826. The van der Waals surface area contributed by atoms with Crippen LogP contribution in [0.25, 0.3) is 0 Å². The molecule has 0 aromatic carbocycles. The van der Waals surface area contributed by atoms with Gasteiger partial charge < -0.3 is 10.1 Å². The second-order valence-corrected chi connectivity index (χ2v) is 5.84. The van der Waals surface area contributed by atoms with Gasteiger partial charge in [0.25, 0.3) is 0 Å². The van der Waals surface area contributed by atoms with E-state index >= 15 is 0 Å². The van der Waals surface area contributed by atoms with E-state index in [1.165, 1.54) is 30.2 Å². The summed E-state index contributed by atoms with van der Waals surface area (Å²) in [6.07, 6.45) is 0. The quantitative estimate of drug-likeness (QED) is 0.814. The lowest BCUT2D eigenvalue weighted by Crippen LogP contribution is -2.31. The highest BCUT2D eigenvalue weighted by molar-refractivity contribution is 7.99. The van der Waals surface area contributed by atoms with Gasteiger partial charge in [0.2, 0.25) is 5.91 Å². The topological polar surface area (TPSA) is 55.4 Å². The summed E-state index contributed by atoms with van der Waals surface area (Å²) in [4.78, 5) is 23.2. The predicted octanol–water partition coefficient (Wildman–Crippen LogP) is 1.92. The number of ether oxygens (including phenoxy) is 1. The zero-order valence-electron chi connectivity index (χ0n) is 9.20. The highest BCUT2D eigenvalue weighted by atomic mass is 35.5. The van der Waals surface area contributed by atoms with Gasteiger partial charge in [0, 0.05) is 10.6 Å². The molecule has 0 fully saturated rings. The molecular weight excluding hydrogens is 282 g/mol. The van der Waals surface area contributed by atoms with Gasteiger partial charge in [-0.3, -0.25) is 9.59 Å². The number of thiophene rings is 1. The summed E-state index contributed by atoms with van der Waals surface area (Å²) in [6.45, 7) is -0.0826. The number of hydrogen-bond acceptors (Lipinski definition) is 5. The van der Waals surface area contributed by atoms with Crippen LogP contribution in [0.2, 0.25) is 4.34 Å². The molecule has 1 N–H and O–H groups in total. The van der Waals surface area contributed by atoms with E-state index in [4.69, 9.17) is 11.6 Å². The zero-order valence-corrected chi connectivity index (χ0v) is 11.6. The number of amides is 1. The molecule has 0 radical (unpaired) electrons. The SMILES string of the molecule is COC(=O)CNC(=O)CSCc1ccc(Cl)s1. The number of halogens is 1. The molecule has 17 heavy (non-hydrogen) atoms. The number of nitrogens with one attached hydrogen (secondary N) is 1. The minimum Gasteiger partial charge on any atom is -0.468 e. The summed E-state index contributed by atoms with van der Waals surface area (Å²) >= 11 is 8.76. The van der Waals surface area contributed by atoms with Crippen LogP contribution in [0.3, 0.4) is 0 Å². The Labute approximate surface area is 113 Å². The Balaban J connectivity index is 2.14. The van der Waals surface area contributed by atoms with E-state index in [0.29, 0.717) is 5.75 Å². The molecule has 0 aliphatic rings. The zero-order chi connectivity index (χ0) is 12.7. The van der Waals surface area contributed by atoms with Crippen molar-refractivity contribution in [2.45, 2.75) is 5.75 Å². The molecule has 1 rings (SSSR count). The number of esters is 1. The van der Waals surface area contributed by atoms with Crippen LogP contribution in [0.1, 0.15) is 4.88 Å². The third-order valence-corrected chi connectivity index (χ3v) is 4.16. The van der Waals surface area contributed by atoms with E-state index in [2.05, 4.69) is 10.1 Å². The number of methoxy groups -OCH3 is 1. The fraction of sp³-hybridized carbons (Fsp3) is 0.400. The Bertz CT molecular complexity index is 395. The summed E-state index contributed by atoms with van der Waals surface area (Å²) < 4.78 is 5.15. The second-order valence-electron chi connectivity index (χ2n) is 3.05. The lowest BCUT2D eigenvalue weighted by molar-refractivity contribution is -0.140. The van der Waals surface area contributed by atoms with E-state index in [1.54, 1.807) is 0 Å². The van der Waals surface area contributed by atoms with Gasteiger partial charge in [-0.05, 0) is 12.1 Å². The van der Waals surface area contributed by atoms with Crippen LogP contribution >= 0.6 is 34.7 Å². The van der Waals surface area contributed by atoms with Crippen molar-refractivity contribution < 1.29 is 14.3 Å². The highest BCUT2D eigenvalue weighted by Crippen LogP contribution is 2.24. The van der Waals surface area contributed by atoms with E-state index < -0.39 is 5.97 Å². The minimum atomic E-state index is -0.451. The Morgan fingerprint density at radius 2 is 2.29 bits per heavy atom. The summed E-state index contributed by atoms with van der Waals surface area (Å²) in [7, 11) is 1.28. The van der Waals surface area contributed by atoms with Crippen molar-refractivity contribution >= 4 is 46.6 Å². The van der Waals surface area contributed by atoms with E-state index in [1.807, 2.05) is 12.1 Å². The maximum Gasteiger partial charge on any atom is 0.325 e. The molecule has 1 heterocycles. The Morgan fingerprint density at radius 3 is 2.88 bits per heavy atom. The number of carbonyl (C=O) groups is 2. The molecule has 94 valence electrons. The van der Waals surface area contributed by atoms with Crippen LogP contribution in [0, 0.1) is 0 Å². The van der Waals surface area contributed by atoms with Crippen LogP contribution in [0.4, 0.5) is 0 Å². The molecule has 0 atom stereocenters. The van der Waals surface area contributed by atoms with Gasteiger partial charge in [-0.15, -0.1) is 23.1 Å². The first kappa shape index (κ1) is 14.3. The van der Waals surface area contributed by atoms with Crippen LogP contribution in [-0.2, 0) is 20.1 Å². The summed E-state index contributed by atoms with van der Waals surface area (Å²) in [6, 6.07) is 3.77. The molecular formula is C10H12ClNO3S2. The van der Waals surface area contributed by atoms with Gasteiger partial charge in [-0.2, -0.15) is 0 Å². The molecule has 0 saturated heterocycles. The van der Waals surface area contributed by atoms with Gasteiger partial charge in [0.15, 0.2) is 0 Å². The molecule has 0 spiro atoms. The fourth-order valence-corrected chi connectivity index (χ4v) is 3.02. The van der Waals surface area contributed by atoms with Gasteiger partial charge in [0.1, 0.15) is 6.54 Å². The highest BCUT2D eigenvalue weighted by Gasteiger charge is 2.06. The Hall–Kier alpha value is -0.720. The lowest BCUT2D eigenvalue weighted by atomic mass is 10.5. The second kappa shape index (κ2) is 7.58. The fourth-order valence-electron chi connectivity index (χ4n) is 0.968. The number of rotatable bonds is 6. The van der Waals surface area contributed by atoms with Crippen LogP contribution in [0.15, 0.2) is 12.1 Å². The Kier molecular flexibility index (Phi) is 6.39. The normalized spacial score (nSPS) is 10.0. The van der Waals surface area contributed by atoms with Crippen LogP contribution in [-0.4, -0.2) is 31.3 Å². The van der Waals surface area contributed by atoms with Crippen LogP contribution in [0.5, 0.6) is 0 Å². The number of hydrogen-bond donors (Lipinski definition) is 1. The summed E-state index contributed by atoms with van der Waals surface area (Å²) in [5.41, 5.74) is 0. The first-order valence-electron chi connectivity index (χ1n) is 4.77. The van der Waals surface area contributed by atoms with E-state index in [9.17, 15) is 9.59 Å². The van der Waals surface area contributed by atoms with E-state index in [-0.39, 0.29) is 12.5 Å². The van der Waals surface area contributed by atoms with Crippen molar-refractivity contribution in [2.24, 2.45) is 0 Å². The average molecular weight is 294 g/mol. The van der Waals surface area contributed by atoms with Crippen molar-refractivity contribution in [3.05, 3.63) is 21.3 Å². The van der Waals surface area contributed by atoms with Crippen molar-refractivity contribution in [3.8, 4) is 0 Å². The summed E-state index contributed by atoms with van der Waals surface area (Å²) in [5.74, 6) is 0.423. The van der Waals surface area contributed by atoms with Gasteiger partial charge >= 0.3 is 5.97 Å². The maximum atomic E-state index is 11.3. The third-order valence-electron chi connectivity index (χ3n) is 1.76. The monoisotopic (exact) mass is 293 g/mol. The largest absolute Gasteiger partial charge is 0.468 e. The molecule has 0 aliphatic carbocycles. The maximum absolute atomic E-state index is 11.3. The first-order valence-corrected chi connectivity index (χ1v) is 7.12. The molecule has 4 nitrogen and oxygen atoms in total. The molecule has 1 aromatic heterocycles. The smallest absolute Gasteiger partial charge is 0.325 e. The van der Waals surface area contributed by atoms with Crippen molar-refractivity contribution in [2.75, 3.05) is 19.4 Å². The lowest BCUT2D eigenvalue weighted by Gasteiger charge is -2.03. The summed E-state index contributed by atoms with van der Waals surface area (Å²) in [5, 5.41) is 2.47. The van der Waals surface area contributed by atoms with Gasteiger partial charge in [0.05, 0.1) is 17.2 Å². The van der Waals surface area contributed by atoms with E-state index in [0.717, 1.165) is 15.0 Å². The average Bonchev–Trinajstić information content (AvgIpc) is 2.72. The van der Waals surface area contributed by atoms with Gasteiger partial charge in [-0.1, -0.05) is 11.6 Å². The number of carbonyl (C=O) groups excluding carboxylic acids is 2. The van der Waals surface area contributed by atoms with Crippen LogP contribution < -0.4 is 5.32 Å². The molecule has 1 amide bonds. The number of thioether (sulfide) groups is 1. The molecule has 1 aromatic rings. The first-order chi connectivity index (χ1) is 8.11. The van der Waals surface area contributed by atoms with Gasteiger partial charge in [-0.25, -0.2) is 0 Å². The van der Waals surface area contributed by atoms with Crippen molar-refractivity contribution in [1.29, 1.82) is 0 Å².